The molecule has 1 fully saturated rings. The van der Waals surface area contributed by atoms with Gasteiger partial charge in [0.1, 0.15) is 5.75 Å². The lowest BCUT2D eigenvalue weighted by molar-refractivity contribution is 0.257. The van der Waals surface area contributed by atoms with E-state index in [1.165, 1.54) is 44.1 Å². The fraction of sp³-hybridized carbons (Fsp3) is 0.619. The molecule has 0 aliphatic heterocycles. The Morgan fingerprint density at radius 2 is 1.59 bits per heavy atom. The van der Waals surface area contributed by atoms with Gasteiger partial charge in [0.15, 0.2) is 0 Å². The van der Waals surface area contributed by atoms with Crippen LogP contribution in [-0.2, 0) is 0 Å². The molecule has 2 atom stereocenters. The number of allylic oxidation sites excluding steroid dienone is 1. The van der Waals surface area contributed by atoms with Crippen molar-refractivity contribution < 1.29 is 4.74 Å². The lowest BCUT2D eigenvalue weighted by Gasteiger charge is -2.26. The molecule has 2 aliphatic carbocycles. The number of benzene rings is 1. The smallest absolute Gasteiger partial charge is 0.119 e. The van der Waals surface area contributed by atoms with E-state index in [-0.39, 0.29) is 0 Å². The summed E-state index contributed by atoms with van der Waals surface area (Å²) in [5.74, 6) is 4.06. The fourth-order valence-electron chi connectivity index (χ4n) is 3.79. The molecule has 0 bridgehead atoms. The predicted octanol–water partition coefficient (Wildman–Crippen LogP) is 5.96. The topological polar surface area (TPSA) is 9.23 Å². The van der Waals surface area contributed by atoms with Gasteiger partial charge in [-0.05, 0) is 61.1 Å². The van der Waals surface area contributed by atoms with Crippen LogP contribution in [0.25, 0.3) is 0 Å². The van der Waals surface area contributed by atoms with E-state index < -0.39 is 0 Å². The Balaban J connectivity index is 1.50. The van der Waals surface area contributed by atoms with Gasteiger partial charge in [0.05, 0.1) is 6.61 Å². The highest BCUT2D eigenvalue weighted by Crippen LogP contribution is 2.36. The molecule has 1 aromatic carbocycles. The van der Waals surface area contributed by atoms with Crippen molar-refractivity contribution in [3.8, 4) is 5.75 Å². The summed E-state index contributed by atoms with van der Waals surface area (Å²) in [5.41, 5.74) is 1.51. The Morgan fingerprint density at radius 3 is 2.23 bits per heavy atom. The number of rotatable bonds is 4. The van der Waals surface area contributed by atoms with Gasteiger partial charge in [-0.15, -0.1) is 0 Å². The SMILES string of the molecule is CC1C=CC(COc2ccc(C3CCC(C)CC3)cc2)CC1. The zero-order valence-corrected chi connectivity index (χ0v) is 14.1. The van der Waals surface area contributed by atoms with Crippen molar-refractivity contribution in [1.82, 2.24) is 0 Å². The second-order valence-corrected chi connectivity index (χ2v) is 7.54. The maximum Gasteiger partial charge on any atom is 0.119 e. The Hall–Kier alpha value is -1.24. The number of hydrogen-bond acceptors (Lipinski definition) is 1. The van der Waals surface area contributed by atoms with Crippen LogP contribution in [-0.4, -0.2) is 6.61 Å². The predicted molar refractivity (Wildman–Crippen MR) is 93.3 cm³/mol. The second kappa shape index (κ2) is 7.35. The van der Waals surface area contributed by atoms with Gasteiger partial charge in [-0.25, -0.2) is 0 Å². The van der Waals surface area contributed by atoms with Crippen LogP contribution in [0.3, 0.4) is 0 Å². The van der Waals surface area contributed by atoms with Crippen molar-refractivity contribution in [2.24, 2.45) is 17.8 Å². The maximum absolute atomic E-state index is 5.99. The Bertz CT molecular complexity index is 479. The van der Waals surface area contributed by atoms with Gasteiger partial charge in [-0.2, -0.15) is 0 Å². The maximum atomic E-state index is 5.99. The molecule has 1 heteroatoms. The summed E-state index contributed by atoms with van der Waals surface area (Å²) in [4.78, 5) is 0. The summed E-state index contributed by atoms with van der Waals surface area (Å²) < 4.78 is 5.99. The third kappa shape index (κ3) is 4.15. The molecular formula is C21H30O. The highest BCUT2D eigenvalue weighted by molar-refractivity contribution is 5.29. The van der Waals surface area contributed by atoms with Crippen LogP contribution in [0.2, 0.25) is 0 Å². The van der Waals surface area contributed by atoms with Crippen LogP contribution in [0.15, 0.2) is 36.4 Å². The monoisotopic (exact) mass is 298 g/mol. The Kier molecular flexibility index (Phi) is 5.23. The van der Waals surface area contributed by atoms with Crippen molar-refractivity contribution in [2.75, 3.05) is 6.61 Å². The highest BCUT2D eigenvalue weighted by Gasteiger charge is 2.19. The molecule has 1 saturated carbocycles. The van der Waals surface area contributed by atoms with E-state index in [0.29, 0.717) is 5.92 Å². The molecule has 1 aromatic rings. The minimum Gasteiger partial charge on any atom is -0.493 e. The molecule has 1 nitrogen and oxygen atoms in total. The molecule has 0 radical (unpaired) electrons. The molecular weight excluding hydrogens is 268 g/mol. The van der Waals surface area contributed by atoms with Crippen molar-refractivity contribution in [3.63, 3.8) is 0 Å². The van der Waals surface area contributed by atoms with Gasteiger partial charge in [-0.1, -0.05) is 51.0 Å². The van der Waals surface area contributed by atoms with E-state index in [1.807, 2.05) is 0 Å². The normalized spacial score (nSPS) is 31.9. The average Bonchev–Trinajstić information content (AvgIpc) is 2.56. The largest absolute Gasteiger partial charge is 0.493 e. The molecule has 120 valence electrons. The van der Waals surface area contributed by atoms with Crippen LogP contribution in [0.1, 0.15) is 63.9 Å². The van der Waals surface area contributed by atoms with Gasteiger partial charge >= 0.3 is 0 Å². The lowest BCUT2D eigenvalue weighted by Crippen LogP contribution is -2.14. The molecule has 3 rings (SSSR count). The van der Waals surface area contributed by atoms with E-state index in [4.69, 9.17) is 4.74 Å². The summed E-state index contributed by atoms with van der Waals surface area (Å²) in [7, 11) is 0. The fourth-order valence-corrected chi connectivity index (χ4v) is 3.79. The molecule has 0 saturated heterocycles. The van der Waals surface area contributed by atoms with Gasteiger partial charge in [0.2, 0.25) is 0 Å². The summed E-state index contributed by atoms with van der Waals surface area (Å²) in [6.45, 7) is 5.50. The summed E-state index contributed by atoms with van der Waals surface area (Å²) in [6.07, 6.45) is 12.7. The average molecular weight is 298 g/mol. The van der Waals surface area contributed by atoms with Crippen molar-refractivity contribution >= 4 is 0 Å². The molecule has 0 N–H and O–H groups in total. The quantitative estimate of drug-likeness (QED) is 0.623. The van der Waals surface area contributed by atoms with Gasteiger partial charge in [0.25, 0.3) is 0 Å². The van der Waals surface area contributed by atoms with Crippen molar-refractivity contribution in [3.05, 3.63) is 42.0 Å². The van der Waals surface area contributed by atoms with Crippen molar-refractivity contribution in [1.29, 1.82) is 0 Å². The van der Waals surface area contributed by atoms with Gasteiger partial charge in [-0.3, -0.25) is 0 Å². The van der Waals surface area contributed by atoms with Crippen LogP contribution in [0, 0.1) is 17.8 Å². The van der Waals surface area contributed by atoms with Crippen LogP contribution >= 0.6 is 0 Å². The molecule has 0 amide bonds. The Morgan fingerprint density at radius 1 is 0.864 bits per heavy atom. The third-order valence-electron chi connectivity index (χ3n) is 5.54. The van der Waals surface area contributed by atoms with Gasteiger partial charge in [0, 0.05) is 5.92 Å². The number of ether oxygens (including phenoxy) is 1. The van der Waals surface area contributed by atoms with E-state index >= 15 is 0 Å². The molecule has 0 spiro atoms. The molecule has 0 heterocycles. The zero-order valence-electron chi connectivity index (χ0n) is 14.1. The highest BCUT2D eigenvalue weighted by atomic mass is 16.5. The minimum atomic E-state index is 0.593. The van der Waals surface area contributed by atoms with Crippen LogP contribution < -0.4 is 4.74 Å². The zero-order chi connectivity index (χ0) is 15.4. The lowest BCUT2D eigenvalue weighted by atomic mass is 9.79. The first-order valence-corrected chi connectivity index (χ1v) is 9.12. The summed E-state index contributed by atoms with van der Waals surface area (Å²) in [6, 6.07) is 8.91. The van der Waals surface area contributed by atoms with Gasteiger partial charge < -0.3 is 4.74 Å². The third-order valence-corrected chi connectivity index (χ3v) is 5.54. The van der Waals surface area contributed by atoms with E-state index in [9.17, 15) is 0 Å². The first-order valence-electron chi connectivity index (χ1n) is 9.12. The Labute approximate surface area is 135 Å². The molecule has 22 heavy (non-hydrogen) atoms. The first-order chi connectivity index (χ1) is 10.7. The molecule has 2 aliphatic rings. The molecule has 2 unspecified atom stereocenters. The summed E-state index contributed by atoms with van der Waals surface area (Å²) >= 11 is 0. The number of hydrogen-bond donors (Lipinski definition) is 0. The van der Waals surface area contributed by atoms with Crippen molar-refractivity contribution in [2.45, 2.75) is 58.3 Å². The molecule has 0 aromatic heterocycles. The standard InChI is InChI=1S/C21H30O/c1-16-3-7-18(8-4-16)15-22-21-13-11-20(12-14-21)19-9-5-17(2)6-10-19/h3,7,11-14,16-19H,4-6,8-10,15H2,1-2H3. The van der Waals surface area contributed by atoms with Crippen LogP contribution in [0.5, 0.6) is 5.75 Å². The minimum absolute atomic E-state index is 0.593. The van der Waals surface area contributed by atoms with Crippen LogP contribution in [0.4, 0.5) is 0 Å². The first kappa shape index (κ1) is 15.6. The summed E-state index contributed by atoms with van der Waals surface area (Å²) in [5, 5.41) is 0. The second-order valence-electron chi connectivity index (χ2n) is 7.54. The van der Waals surface area contributed by atoms with E-state index in [0.717, 1.165) is 30.1 Å². The van der Waals surface area contributed by atoms with E-state index in [1.54, 1.807) is 0 Å². The van der Waals surface area contributed by atoms with E-state index in [2.05, 4.69) is 50.3 Å².